The number of rotatable bonds is 3. The Morgan fingerprint density at radius 1 is 0.885 bits per heavy atom. The Morgan fingerprint density at radius 2 is 1.54 bits per heavy atom. The van der Waals surface area contributed by atoms with Gasteiger partial charge in [-0.1, -0.05) is 30.3 Å². The highest BCUT2D eigenvalue weighted by Crippen LogP contribution is 2.31. The molecule has 4 rings (SSSR count). The second-order valence-corrected chi connectivity index (χ2v) is 6.28. The summed E-state index contributed by atoms with van der Waals surface area (Å²) in [6, 6.07) is 15.6. The summed E-state index contributed by atoms with van der Waals surface area (Å²) in [6.45, 7) is 3.68. The SMILES string of the molecule is Cc1cc(-c2nnc(-c3cc(-c4ccccc4)n(C)n3)o2)cc(C)c1O. The highest BCUT2D eigenvalue weighted by Gasteiger charge is 2.17. The molecule has 1 N–H and O–H groups in total. The first kappa shape index (κ1) is 16.1. The Bertz CT molecular complexity index is 1060. The fourth-order valence-corrected chi connectivity index (χ4v) is 2.97. The molecule has 2 heterocycles. The average molecular weight is 346 g/mol. The first-order valence-electron chi connectivity index (χ1n) is 8.27. The van der Waals surface area contributed by atoms with Gasteiger partial charge in [0.25, 0.3) is 5.89 Å². The molecule has 130 valence electrons. The molecule has 0 amide bonds. The molecule has 26 heavy (non-hydrogen) atoms. The molecular formula is C20H18N4O2. The van der Waals surface area contributed by atoms with E-state index in [1.165, 1.54) is 0 Å². The summed E-state index contributed by atoms with van der Waals surface area (Å²) in [5.74, 6) is 1.05. The van der Waals surface area contributed by atoms with Crippen molar-refractivity contribution < 1.29 is 9.52 Å². The summed E-state index contributed by atoms with van der Waals surface area (Å²) in [7, 11) is 1.88. The highest BCUT2D eigenvalue weighted by atomic mass is 16.4. The fourth-order valence-electron chi connectivity index (χ4n) is 2.97. The van der Waals surface area contributed by atoms with Gasteiger partial charge in [-0.05, 0) is 48.7 Å². The molecule has 0 fully saturated rings. The van der Waals surface area contributed by atoms with Crippen molar-refractivity contribution in [3.05, 3.63) is 59.7 Å². The van der Waals surface area contributed by atoms with Gasteiger partial charge >= 0.3 is 0 Å². The van der Waals surface area contributed by atoms with E-state index in [9.17, 15) is 5.11 Å². The molecular weight excluding hydrogens is 328 g/mol. The summed E-state index contributed by atoms with van der Waals surface area (Å²) in [4.78, 5) is 0. The first-order valence-corrected chi connectivity index (χ1v) is 8.27. The van der Waals surface area contributed by atoms with E-state index in [0.717, 1.165) is 27.9 Å². The summed E-state index contributed by atoms with van der Waals surface area (Å²) >= 11 is 0. The minimum Gasteiger partial charge on any atom is -0.507 e. The van der Waals surface area contributed by atoms with E-state index < -0.39 is 0 Å². The Balaban J connectivity index is 1.71. The Labute approximate surface area is 150 Å². The first-order chi connectivity index (χ1) is 12.5. The summed E-state index contributed by atoms with van der Waals surface area (Å²) < 4.78 is 7.63. The number of aryl methyl sites for hydroxylation is 3. The van der Waals surface area contributed by atoms with Gasteiger partial charge in [0.1, 0.15) is 11.4 Å². The van der Waals surface area contributed by atoms with E-state index in [2.05, 4.69) is 15.3 Å². The topological polar surface area (TPSA) is 77.0 Å². The lowest BCUT2D eigenvalue weighted by atomic mass is 10.1. The zero-order chi connectivity index (χ0) is 18.3. The van der Waals surface area contributed by atoms with Crippen LogP contribution in [-0.2, 0) is 7.05 Å². The van der Waals surface area contributed by atoms with E-state index in [1.54, 1.807) is 4.68 Å². The lowest BCUT2D eigenvalue weighted by molar-refractivity contribution is 0.467. The van der Waals surface area contributed by atoms with E-state index in [4.69, 9.17) is 4.42 Å². The molecule has 0 aliphatic carbocycles. The van der Waals surface area contributed by atoms with Crippen molar-refractivity contribution in [2.45, 2.75) is 13.8 Å². The number of benzene rings is 2. The quantitative estimate of drug-likeness (QED) is 0.603. The van der Waals surface area contributed by atoms with Crippen molar-refractivity contribution in [2.24, 2.45) is 7.05 Å². The van der Waals surface area contributed by atoms with Gasteiger partial charge in [0, 0.05) is 12.6 Å². The number of aromatic nitrogens is 4. The molecule has 6 nitrogen and oxygen atoms in total. The van der Waals surface area contributed by atoms with E-state index in [1.807, 2.05) is 69.4 Å². The third kappa shape index (κ3) is 2.75. The number of hydrogen-bond donors (Lipinski definition) is 1. The normalized spacial score (nSPS) is 11.0. The maximum absolute atomic E-state index is 9.92. The van der Waals surface area contributed by atoms with E-state index >= 15 is 0 Å². The lowest BCUT2D eigenvalue weighted by Crippen LogP contribution is -1.93. The Hall–Kier alpha value is -3.41. The molecule has 6 heteroatoms. The molecule has 0 atom stereocenters. The molecule has 0 aliphatic rings. The van der Waals surface area contributed by atoms with Gasteiger partial charge in [-0.15, -0.1) is 10.2 Å². The molecule has 0 spiro atoms. The predicted octanol–water partition coefficient (Wildman–Crippen LogP) is 4.13. The van der Waals surface area contributed by atoms with Gasteiger partial charge in [-0.25, -0.2) is 0 Å². The summed E-state index contributed by atoms with van der Waals surface area (Å²) in [6.07, 6.45) is 0. The second kappa shape index (κ2) is 6.15. The van der Waals surface area contributed by atoms with Crippen molar-refractivity contribution >= 4 is 0 Å². The standard InChI is InChI=1S/C20H18N4O2/c1-12-9-15(10-13(2)18(12)25)19-21-22-20(26-19)16-11-17(24(3)23-16)14-7-5-4-6-8-14/h4-11,25H,1-3H3. The smallest absolute Gasteiger partial charge is 0.268 e. The van der Waals surface area contributed by atoms with Crippen LogP contribution in [0.3, 0.4) is 0 Å². The highest BCUT2D eigenvalue weighted by molar-refractivity contribution is 5.66. The van der Waals surface area contributed by atoms with Gasteiger partial charge in [0.2, 0.25) is 5.89 Å². The van der Waals surface area contributed by atoms with Gasteiger partial charge in [-0.3, -0.25) is 4.68 Å². The molecule has 2 aromatic heterocycles. The number of nitrogens with zero attached hydrogens (tertiary/aromatic N) is 4. The third-order valence-electron chi connectivity index (χ3n) is 4.33. The van der Waals surface area contributed by atoms with Crippen molar-refractivity contribution in [3.8, 4) is 40.0 Å². The van der Waals surface area contributed by atoms with Crippen LogP contribution in [0.1, 0.15) is 11.1 Å². The van der Waals surface area contributed by atoms with Crippen molar-refractivity contribution in [1.82, 2.24) is 20.0 Å². The maximum atomic E-state index is 9.92. The minimum absolute atomic E-state index is 0.283. The van der Waals surface area contributed by atoms with Crippen molar-refractivity contribution in [1.29, 1.82) is 0 Å². The van der Waals surface area contributed by atoms with Crippen LogP contribution in [0.2, 0.25) is 0 Å². The molecule has 4 aromatic rings. The van der Waals surface area contributed by atoms with E-state index in [-0.39, 0.29) is 5.75 Å². The zero-order valence-corrected chi connectivity index (χ0v) is 14.8. The van der Waals surface area contributed by atoms with Crippen LogP contribution >= 0.6 is 0 Å². The van der Waals surface area contributed by atoms with Gasteiger partial charge in [0.05, 0.1) is 5.69 Å². The van der Waals surface area contributed by atoms with Crippen molar-refractivity contribution in [3.63, 3.8) is 0 Å². The molecule has 0 saturated heterocycles. The number of hydrogen-bond acceptors (Lipinski definition) is 5. The third-order valence-corrected chi connectivity index (χ3v) is 4.33. The number of phenolic OH excluding ortho intramolecular Hbond substituents is 1. The van der Waals surface area contributed by atoms with Crippen LogP contribution in [0, 0.1) is 13.8 Å². The van der Waals surface area contributed by atoms with Crippen LogP contribution < -0.4 is 0 Å². The molecule has 0 aliphatic heterocycles. The summed E-state index contributed by atoms with van der Waals surface area (Å²) in [5, 5.41) is 22.7. The van der Waals surface area contributed by atoms with Gasteiger partial charge in [0.15, 0.2) is 0 Å². The molecule has 0 unspecified atom stereocenters. The van der Waals surface area contributed by atoms with Crippen molar-refractivity contribution in [2.75, 3.05) is 0 Å². The van der Waals surface area contributed by atoms with Crippen LogP contribution in [0.4, 0.5) is 0 Å². The number of aromatic hydroxyl groups is 1. The second-order valence-electron chi connectivity index (χ2n) is 6.28. The molecule has 2 aromatic carbocycles. The van der Waals surface area contributed by atoms with Crippen LogP contribution in [0.25, 0.3) is 34.3 Å². The average Bonchev–Trinajstić information content (AvgIpc) is 3.27. The fraction of sp³-hybridized carbons (Fsp3) is 0.150. The monoisotopic (exact) mass is 346 g/mol. The van der Waals surface area contributed by atoms with Crippen LogP contribution in [-0.4, -0.2) is 25.1 Å². The molecule has 0 bridgehead atoms. The zero-order valence-electron chi connectivity index (χ0n) is 14.8. The Kier molecular flexibility index (Phi) is 3.80. The largest absolute Gasteiger partial charge is 0.507 e. The van der Waals surface area contributed by atoms with E-state index in [0.29, 0.717) is 17.5 Å². The van der Waals surface area contributed by atoms with Gasteiger partial charge in [-0.2, -0.15) is 5.10 Å². The minimum atomic E-state index is 0.283. The predicted molar refractivity (Wildman–Crippen MR) is 98.5 cm³/mol. The number of phenols is 1. The molecule has 0 saturated carbocycles. The van der Waals surface area contributed by atoms with Crippen LogP contribution in [0.5, 0.6) is 5.75 Å². The maximum Gasteiger partial charge on any atom is 0.268 e. The summed E-state index contributed by atoms with van der Waals surface area (Å²) in [5.41, 5.74) is 4.97. The lowest BCUT2D eigenvalue weighted by Gasteiger charge is -2.04. The van der Waals surface area contributed by atoms with Crippen LogP contribution in [0.15, 0.2) is 52.9 Å². The molecule has 0 radical (unpaired) electrons. The Morgan fingerprint density at radius 3 is 2.23 bits per heavy atom. The van der Waals surface area contributed by atoms with Gasteiger partial charge < -0.3 is 9.52 Å².